The molecular formula is C19H28F2O2. The second-order valence-corrected chi connectivity index (χ2v) is 6.45. The second-order valence-electron chi connectivity index (χ2n) is 6.45. The molecule has 1 heterocycles. The van der Waals surface area contributed by atoms with Crippen LogP contribution in [0.1, 0.15) is 58.3 Å². The minimum atomic E-state index is -0.858. The van der Waals surface area contributed by atoms with Crippen molar-refractivity contribution in [2.24, 2.45) is 17.8 Å². The maximum absolute atomic E-state index is 13.3. The van der Waals surface area contributed by atoms with Gasteiger partial charge in [0, 0.05) is 11.5 Å². The number of halogens is 2. The van der Waals surface area contributed by atoms with Crippen LogP contribution in [0.25, 0.3) is 0 Å². The summed E-state index contributed by atoms with van der Waals surface area (Å²) in [5.41, 5.74) is 0.546. The van der Waals surface area contributed by atoms with Crippen molar-refractivity contribution in [1.29, 1.82) is 0 Å². The van der Waals surface area contributed by atoms with E-state index in [2.05, 4.69) is 6.92 Å². The van der Waals surface area contributed by atoms with Gasteiger partial charge in [0.05, 0.1) is 13.2 Å². The van der Waals surface area contributed by atoms with Gasteiger partial charge >= 0.3 is 0 Å². The number of rotatable bonds is 2. The molecule has 2 aliphatic rings. The standard InChI is InChI=1S/C17H22F2O2.C2H6/c1-11-2-4-12(5-3-11)14-9-20-17(21-10-14)13-6-7-15(18)16(19)8-13;1-2/h6-8,11-12,14,17H,2-5,9-10H2,1H3;1-2H3. The predicted octanol–water partition coefficient (Wildman–Crippen LogP) is 5.48. The first-order chi connectivity index (χ1) is 11.1. The van der Waals surface area contributed by atoms with Crippen LogP contribution in [0.3, 0.4) is 0 Å². The Morgan fingerprint density at radius 2 is 1.48 bits per heavy atom. The molecule has 0 N–H and O–H groups in total. The number of hydrogen-bond donors (Lipinski definition) is 0. The van der Waals surface area contributed by atoms with Crippen molar-refractivity contribution >= 4 is 0 Å². The quantitative estimate of drug-likeness (QED) is 0.716. The zero-order valence-corrected chi connectivity index (χ0v) is 14.4. The molecule has 1 aliphatic heterocycles. The molecule has 0 atom stereocenters. The molecule has 0 radical (unpaired) electrons. The van der Waals surface area contributed by atoms with E-state index in [0.29, 0.717) is 30.6 Å². The molecule has 0 aromatic heterocycles. The van der Waals surface area contributed by atoms with Crippen molar-refractivity contribution in [3.8, 4) is 0 Å². The van der Waals surface area contributed by atoms with Gasteiger partial charge in [-0.1, -0.05) is 39.7 Å². The minimum absolute atomic E-state index is 0.430. The summed E-state index contributed by atoms with van der Waals surface area (Å²) < 4.78 is 37.7. The maximum Gasteiger partial charge on any atom is 0.183 e. The average Bonchev–Trinajstić information content (AvgIpc) is 2.60. The minimum Gasteiger partial charge on any atom is -0.348 e. The molecule has 1 saturated heterocycles. The maximum atomic E-state index is 13.3. The molecule has 23 heavy (non-hydrogen) atoms. The highest BCUT2D eigenvalue weighted by molar-refractivity contribution is 5.19. The highest BCUT2D eigenvalue weighted by atomic mass is 19.2. The molecule has 3 rings (SSSR count). The van der Waals surface area contributed by atoms with E-state index in [0.717, 1.165) is 18.1 Å². The number of benzene rings is 1. The highest BCUT2D eigenvalue weighted by Gasteiger charge is 2.31. The van der Waals surface area contributed by atoms with Gasteiger partial charge in [0.15, 0.2) is 17.9 Å². The first-order valence-electron chi connectivity index (χ1n) is 8.81. The third-order valence-corrected chi connectivity index (χ3v) is 4.87. The summed E-state index contributed by atoms with van der Waals surface area (Å²) in [5.74, 6) is 0.236. The molecule has 1 saturated carbocycles. The van der Waals surface area contributed by atoms with Gasteiger partial charge in [0.25, 0.3) is 0 Å². The second kappa shape index (κ2) is 8.74. The fourth-order valence-electron chi connectivity index (χ4n) is 3.40. The van der Waals surface area contributed by atoms with Crippen LogP contribution >= 0.6 is 0 Å². The van der Waals surface area contributed by atoms with Crippen molar-refractivity contribution in [3.63, 3.8) is 0 Å². The topological polar surface area (TPSA) is 18.5 Å². The molecule has 1 aliphatic carbocycles. The SMILES string of the molecule is CC.CC1CCC(C2COC(c3ccc(F)c(F)c3)OC2)CC1. The molecule has 1 aromatic rings. The summed E-state index contributed by atoms with van der Waals surface area (Å²) in [6.45, 7) is 7.59. The molecule has 2 fully saturated rings. The van der Waals surface area contributed by atoms with Crippen molar-refractivity contribution in [2.75, 3.05) is 13.2 Å². The molecule has 0 amide bonds. The Morgan fingerprint density at radius 1 is 0.870 bits per heavy atom. The zero-order chi connectivity index (χ0) is 16.8. The van der Waals surface area contributed by atoms with Crippen LogP contribution < -0.4 is 0 Å². The molecule has 1 aromatic carbocycles. The summed E-state index contributed by atoms with van der Waals surface area (Å²) in [5, 5.41) is 0. The van der Waals surface area contributed by atoms with E-state index >= 15 is 0 Å². The van der Waals surface area contributed by atoms with Crippen molar-refractivity contribution < 1.29 is 18.3 Å². The van der Waals surface area contributed by atoms with Crippen molar-refractivity contribution in [3.05, 3.63) is 35.4 Å². The average molecular weight is 326 g/mol. The third-order valence-electron chi connectivity index (χ3n) is 4.87. The first-order valence-corrected chi connectivity index (χ1v) is 8.81. The monoisotopic (exact) mass is 326 g/mol. The molecule has 0 unspecified atom stereocenters. The summed E-state index contributed by atoms with van der Waals surface area (Å²) in [4.78, 5) is 0. The van der Waals surface area contributed by atoms with E-state index in [1.54, 1.807) is 0 Å². The molecule has 4 heteroatoms. The van der Waals surface area contributed by atoms with Crippen LogP contribution in [0.2, 0.25) is 0 Å². The fraction of sp³-hybridized carbons (Fsp3) is 0.684. The van der Waals surface area contributed by atoms with Gasteiger partial charge in [-0.2, -0.15) is 0 Å². The lowest BCUT2D eigenvalue weighted by Crippen LogP contribution is -2.34. The van der Waals surface area contributed by atoms with Crippen LogP contribution in [0.15, 0.2) is 18.2 Å². The summed E-state index contributed by atoms with van der Waals surface area (Å²) in [6, 6.07) is 3.79. The van der Waals surface area contributed by atoms with Crippen LogP contribution in [0.5, 0.6) is 0 Å². The van der Waals surface area contributed by atoms with E-state index in [4.69, 9.17) is 9.47 Å². The lowest BCUT2D eigenvalue weighted by atomic mass is 9.76. The Hall–Kier alpha value is -1.00. The van der Waals surface area contributed by atoms with Gasteiger partial charge in [0.1, 0.15) is 0 Å². The van der Waals surface area contributed by atoms with Crippen LogP contribution in [0, 0.1) is 29.4 Å². The number of ether oxygens (including phenoxy) is 2. The molecule has 0 bridgehead atoms. The Bertz CT molecular complexity index is 476. The van der Waals surface area contributed by atoms with Crippen molar-refractivity contribution in [2.45, 2.75) is 52.7 Å². The Balaban J connectivity index is 0.000000924. The van der Waals surface area contributed by atoms with Gasteiger partial charge in [0.2, 0.25) is 0 Å². The van der Waals surface area contributed by atoms with Crippen molar-refractivity contribution in [1.82, 2.24) is 0 Å². The third kappa shape index (κ3) is 4.74. The summed E-state index contributed by atoms with van der Waals surface area (Å²) in [6.07, 6.45) is 4.49. The van der Waals surface area contributed by atoms with Crippen LogP contribution in [-0.2, 0) is 9.47 Å². The number of hydrogen-bond acceptors (Lipinski definition) is 2. The summed E-state index contributed by atoms with van der Waals surface area (Å²) in [7, 11) is 0. The largest absolute Gasteiger partial charge is 0.348 e. The van der Waals surface area contributed by atoms with E-state index in [1.165, 1.54) is 31.7 Å². The van der Waals surface area contributed by atoms with Gasteiger partial charge in [-0.15, -0.1) is 0 Å². The smallest absolute Gasteiger partial charge is 0.183 e. The van der Waals surface area contributed by atoms with Gasteiger partial charge < -0.3 is 9.47 Å². The Morgan fingerprint density at radius 3 is 2.04 bits per heavy atom. The predicted molar refractivity (Wildman–Crippen MR) is 87.0 cm³/mol. The lowest BCUT2D eigenvalue weighted by Gasteiger charge is -2.37. The highest BCUT2D eigenvalue weighted by Crippen LogP contribution is 2.37. The van der Waals surface area contributed by atoms with Gasteiger partial charge in [-0.25, -0.2) is 8.78 Å². The normalized spacial score (nSPS) is 31.2. The van der Waals surface area contributed by atoms with Gasteiger partial charge in [-0.05, 0) is 36.8 Å². The lowest BCUT2D eigenvalue weighted by molar-refractivity contribution is -0.214. The van der Waals surface area contributed by atoms with Crippen LogP contribution in [0.4, 0.5) is 8.78 Å². The Kier molecular flexibility index (Phi) is 6.97. The van der Waals surface area contributed by atoms with E-state index in [-0.39, 0.29) is 0 Å². The van der Waals surface area contributed by atoms with Crippen LogP contribution in [-0.4, -0.2) is 13.2 Å². The van der Waals surface area contributed by atoms with E-state index < -0.39 is 17.9 Å². The zero-order valence-electron chi connectivity index (χ0n) is 14.4. The first kappa shape index (κ1) is 18.3. The molecule has 2 nitrogen and oxygen atoms in total. The fourth-order valence-corrected chi connectivity index (χ4v) is 3.40. The van der Waals surface area contributed by atoms with E-state index in [9.17, 15) is 8.78 Å². The summed E-state index contributed by atoms with van der Waals surface area (Å²) >= 11 is 0. The molecule has 0 spiro atoms. The Labute approximate surface area is 138 Å². The molecule has 130 valence electrons. The molecular weight excluding hydrogens is 298 g/mol. The van der Waals surface area contributed by atoms with Gasteiger partial charge in [-0.3, -0.25) is 0 Å². The van der Waals surface area contributed by atoms with E-state index in [1.807, 2.05) is 13.8 Å².